The quantitative estimate of drug-likeness (QED) is 0.163. The molecule has 0 bridgehead atoms. The van der Waals surface area contributed by atoms with Gasteiger partial charge in [0.15, 0.2) is 0 Å². The molecule has 71 heavy (non-hydrogen) atoms. The molecule has 0 fully saturated rings. The van der Waals surface area contributed by atoms with Gasteiger partial charge in [0.2, 0.25) is 0 Å². The lowest BCUT2D eigenvalue weighted by atomic mass is 9.36. The Kier molecular flexibility index (Phi) is 9.94. The lowest BCUT2D eigenvalue weighted by Gasteiger charge is -2.46. The fraction of sp³-hybridized carbons (Fsp3) is 0.433. The summed E-state index contributed by atoms with van der Waals surface area (Å²) in [4.78, 5) is 5.48. The third-order valence-electron chi connectivity index (χ3n) is 19.0. The molecule has 0 spiro atoms. The zero-order valence-electron chi connectivity index (χ0n) is 45.9. The molecule has 2 nitrogen and oxygen atoms in total. The second-order valence-corrected chi connectivity index (χ2v) is 29.0. The SMILES string of the molecule is Cc1cc2c3c(c1)N(c1ccc4c(c1)C(C)(C)CCC4(C)C)c1c(sc4cc5c(cc14)C(C)(C)CCC5(C)C)B3c1cc(C(C)(C)C)ccc1N2c1cc2c(cc1-c1ccccc1)C(C)(C)CCC2(C)C. The standard InChI is InChI=1S/C67H77BN2S/c1-40-32-55-58-56(33-40)70(54-38-50-48(64(9,10)28-30-66(50,13)14)36-44(54)41-20-18-17-19-21-41)53-25-22-42(61(2,3)4)34-52(53)68(58)60-59(45-37-49-51(39-57(45)71-60)67(15,16)31-29-65(49,11)12)69(55)43-23-24-46-47(35-43)63(7,8)27-26-62(46,5)6/h17-25,32-39H,26-31H2,1-16H3. The minimum atomic E-state index is -0.0313. The van der Waals surface area contributed by atoms with Crippen LogP contribution >= 0.6 is 11.3 Å². The van der Waals surface area contributed by atoms with Gasteiger partial charge in [-0.3, -0.25) is 0 Å². The van der Waals surface area contributed by atoms with E-state index in [1.165, 1.54) is 154 Å². The van der Waals surface area contributed by atoms with Gasteiger partial charge in [-0.05, 0) is 199 Å². The third-order valence-corrected chi connectivity index (χ3v) is 20.2. The molecule has 2 aliphatic heterocycles. The summed E-state index contributed by atoms with van der Waals surface area (Å²) in [6.07, 6.45) is 7.13. The van der Waals surface area contributed by atoms with Crippen LogP contribution < -0.4 is 25.5 Å². The van der Waals surface area contributed by atoms with Gasteiger partial charge >= 0.3 is 0 Å². The number of nitrogens with zero attached hydrogens (tertiary/aromatic N) is 2. The Morgan fingerprint density at radius 2 is 1.00 bits per heavy atom. The van der Waals surface area contributed by atoms with Gasteiger partial charge in [-0.2, -0.15) is 0 Å². The first-order chi connectivity index (χ1) is 33.2. The molecule has 3 heterocycles. The Bertz CT molecular complexity index is 3390. The molecule has 6 aromatic carbocycles. The summed E-state index contributed by atoms with van der Waals surface area (Å²) in [5, 5.41) is 1.40. The van der Waals surface area contributed by atoms with Crippen molar-refractivity contribution in [3.05, 3.63) is 148 Å². The van der Waals surface area contributed by atoms with Crippen molar-refractivity contribution in [3.63, 3.8) is 0 Å². The van der Waals surface area contributed by atoms with Crippen molar-refractivity contribution in [3.8, 4) is 11.1 Å². The van der Waals surface area contributed by atoms with Crippen molar-refractivity contribution in [2.24, 2.45) is 0 Å². The number of rotatable bonds is 3. The Morgan fingerprint density at radius 1 is 0.479 bits per heavy atom. The maximum Gasteiger partial charge on any atom is 0.264 e. The highest BCUT2D eigenvalue weighted by atomic mass is 32.1. The average molecular weight is 953 g/mol. The summed E-state index contributed by atoms with van der Waals surface area (Å²) in [6.45, 7) is 39.3. The molecule has 0 saturated heterocycles. The van der Waals surface area contributed by atoms with Crippen molar-refractivity contribution in [1.82, 2.24) is 0 Å². The lowest BCUT2D eigenvalue weighted by molar-refractivity contribution is 0.332. The highest BCUT2D eigenvalue weighted by Crippen LogP contribution is 2.56. The molecule has 0 radical (unpaired) electrons. The van der Waals surface area contributed by atoms with Crippen LogP contribution in [-0.4, -0.2) is 6.71 Å². The van der Waals surface area contributed by atoms with Gasteiger partial charge in [-0.15, -0.1) is 11.3 Å². The topological polar surface area (TPSA) is 6.48 Å². The molecule has 364 valence electrons. The number of hydrogen-bond acceptors (Lipinski definition) is 3. The van der Waals surface area contributed by atoms with Crippen LogP contribution in [0.3, 0.4) is 0 Å². The zero-order valence-corrected chi connectivity index (χ0v) is 46.8. The van der Waals surface area contributed by atoms with E-state index >= 15 is 0 Å². The molecule has 12 rings (SSSR count). The van der Waals surface area contributed by atoms with Crippen molar-refractivity contribution in [2.75, 3.05) is 9.80 Å². The number of aryl methyl sites for hydroxylation is 1. The van der Waals surface area contributed by atoms with Gasteiger partial charge in [0.25, 0.3) is 6.71 Å². The van der Waals surface area contributed by atoms with E-state index in [9.17, 15) is 0 Å². The first-order valence-corrected chi connectivity index (χ1v) is 27.9. The number of benzene rings is 6. The van der Waals surface area contributed by atoms with E-state index in [2.05, 4.69) is 235 Å². The van der Waals surface area contributed by atoms with Gasteiger partial charge in [0, 0.05) is 43.2 Å². The molecular formula is C67H77BN2S. The zero-order chi connectivity index (χ0) is 50.3. The van der Waals surface area contributed by atoms with Gasteiger partial charge in [-0.1, -0.05) is 152 Å². The van der Waals surface area contributed by atoms with Gasteiger partial charge in [-0.25, -0.2) is 0 Å². The van der Waals surface area contributed by atoms with E-state index in [0.717, 1.165) is 0 Å². The predicted octanol–water partition coefficient (Wildman–Crippen LogP) is 17.3. The van der Waals surface area contributed by atoms with E-state index in [1.807, 2.05) is 0 Å². The first kappa shape index (κ1) is 47.0. The number of fused-ring (bicyclic) bond motifs is 9. The van der Waals surface area contributed by atoms with Gasteiger partial charge in [0.05, 0.1) is 11.4 Å². The van der Waals surface area contributed by atoms with Crippen molar-refractivity contribution >= 4 is 78.0 Å². The lowest BCUT2D eigenvalue weighted by Crippen LogP contribution is -2.60. The minimum absolute atomic E-state index is 0.0313. The Hall–Kier alpha value is -5.06. The van der Waals surface area contributed by atoms with E-state index in [4.69, 9.17) is 0 Å². The average Bonchev–Trinajstić information content (AvgIpc) is 3.68. The molecule has 4 heteroatoms. The van der Waals surface area contributed by atoms with Crippen molar-refractivity contribution < 1.29 is 0 Å². The van der Waals surface area contributed by atoms with Crippen LogP contribution in [0.2, 0.25) is 0 Å². The Balaban J connectivity index is 1.22. The second kappa shape index (κ2) is 15.0. The maximum atomic E-state index is 2.76. The maximum absolute atomic E-state index is 2.76. The van der Waals surface area contributed by atoms with Crippen LogP contribution in [-0.2, 0) is 37.9 Å². The molecule has 0 saturated carbocycles. The summed E-state index contributed by atoms with van der Waals surface area (Å²) in [5.41, 5.74) is 25.5. The minimum Gasteiger partial charge on any atom is -0.311 e. The van der Waals surface area contributed by atoms with E-state index in [0.29, 0.717) is 0 Å². The summed E-state index contributed by atoms with van der Waals surface area (Å²) in [7, 11) is 0. The third kappa shape index (κ3) is 6.98. The Labute approximate surface area is 431 Å². The summed E-state index contributed by atoms with van der Waals surface area (Å²) >= 11 is 2.08. The smallest absolute Gasteiger partial charge is 0.264 e. The van der Waals surface area contributed by atoms with Gasteiger partial charge in [0.1, 0.15) is 0 Å². The molecule has 5 aliphatic rings. The Morgan fingerprint density at radius 3 is 1.59 bits per heavy atom. The highest BCUT2D eigenvalue weighted by molar-refractivity contribution is 7.33. The summed E-state index contributed by atoms with van der Waals surface area (Å²) in [6, 6.07) is 42.1. The first-order valence-electron chi connectivity index (χ1n) is 27.1. The second-order valence-electron chi connectivity index (χ2n) is 27.9. The number of anilines is 6. The summed E-state index contributed by atoms with van der Waals surface area (Å²) < 4.78 is 2.88. The van der Waals surface area contributed by atoms with E-state index in [1.54, 1.807) is 0 Å². The van der Waals surface area contributed by atoms with Crippen LogP contribution in [0.4, 0.5) is 34.1 Å². The molecule has 7 aromatic rings. The largest absolute Gasteiger partial charge is 0.311 e. The summed E-state index contributed by atoms with van der Waals surface area (Å²) in [5.74, 6) is 0. The fourth-order valence-electron chi connectivity index (χ4n) is 14.0. The van der Waals surface area contributed by atoms with Crippen molar-refractivity contribution in [1.29, 1.82) is 0 Å². The highest BCUT2D eigenvalue weighted by Gasteiger charge is 2.49. The molecule has 0 atom stereocenters. The number of hydrogen-bond donors (Lipinski definition) is 0. The predicted molar refractivity (Wildman–Crippen MR) is 311 cm³/mol. The fourth-order valence-corrected chi connectivity index (χ4v) is 15.4. The van der Waals surface area contributed by atoms with Crippen LogP contribution in [0, 0.1) is 6.92 Å². The van der Waals surface area contributed by atoms with E-state index in [-0.39, 0.29) is 44.6 Å². The normalized spacial score (nSPS) is 20.4. The molecule has 1 aromatic heterocycles. The van der Waals surface area contributed by atoms with Crippen LogP contribution in [0.25, 0.3) is 21.2 Å². The van der Waals surface area contributed by atoms with E-state index < -0.39 is 0 Å². The molecule has 0 unspecified atom stereocenters. The van der Waals surface area contributed by atoms with Gasteiger partial charge < -0.3 is 9.80 Å². The van der Waals surface area contributed by atoms with Crippen molar-refractivity contribution in [2.45, 2.75) is 187 Å². The van der Waals surface area contributed by atoms with Crippen LogP contribution in [0.15, 0.2) is 103 Å². The van der Waals surface area contributed by atoms with Crippen LogP contribution in [0.5, 0.6) is 0 Å². The number of thiophene rings is 1. The molecule has 0 N–H and O–H groups in total. The monoisotopic (exact) mass is 953 g/mol. The molecule has 3 aliphatic carbocycles. The molecule has 0 amide bonds. The van der Waals surface area contributed by atoms with Crippen LogP contribution in [0.1, 0.15) is 187 Å². The molecular weight excluding hydrogens is 876 g/mol.